The van der Waals surface area contributed by atoms with Crippen LogP contribution in [0.5, 0.6) is 0 Å². The molecule has 0 aromatic carbocycles. The number of methoxy groups -OCH3 is 1. The molecule has 2 aliphatic heterocycles. The van der Waals surface area contributed by atoms with Crippen molar-refractivity contribution in [2.24, 2.45) is 5.92 Å². The van der Waals surface area contributed by atoms with Gasteiger partial charge in [0.2, 0.25) is 0 Å². The van der Waals surface area contributed by atoms with Gasteiger partial charge in [-0.1, -0.05) is 19.9 Å². The van der Waals surface area contributed by atoms with E-state index in [2.05, 4.69) is 42.6 Å². The molecule has 3 heteroatoms. The number of rotatable bonds is 3. The van der Waals surface area contributed by atoms with Gasteiger partial charge in [0.15, 0.2) is 0 Å². The summed E-state index contributed by atoms with van der Waals surface area (Å²) in [5, 5.41) is 2.10. The van der Waals surface area contributed by atoms with E-state index in [9.17, 15) is 0 Å². The van der Waals surface area contributed by atoms with Crippen LogP contribution in [0.15, 0.2) is 35.2 Å². The van der Waals surface area contributed by atoms with Gasteiger partial charge in [-0.25, -0.2) is 5.43 Å². The smallest absolute Gasteiger partial charge is 0.0727 e. The fourth-order valence-corrected chi connectivity index (χ4v) is 1.95. The van der Waals surface area contributed by atoms with E-state index in [1.807, 2.05) is 0 Å². The lowest BCUT2D eigenvalue weighted by Crippen LogP contribution is -2.28. The molecule has 0 saturated heterocycles. The lowest BCUT2D eigenvalue weighted by Gasteiger charge is -2.21. The van der Waals surface area contributed by atoms with Crippen LogP contribution in [-0.4, -0.2) is 25.3 Å². The van der Waals surface area contributed by atoms with Crippen LogP contribution in [-0.2, 0) is 4.74 Å². The summed E-state index contributed by atoms with van der Waals surface area (Å²) in [5.74, 6) is 0.597. The minimum atomic E-state index is 0.597. The Balaban J connectivity index is 2.20. The number of hydrazine groups is 1. The molecule has 0 fully saturated rings. The summed E-state index contributed by atoms with van der Waals surface area (Å²) in [7, 11) is 1.72. The molecule has 0 radical (unpaired) electrons. The monoisotopic (exact) mass is 206 g/mol. The third-order valence-electron chi connectivity index (χ3n) is 2.79. The third-order valence-corrected chi connectivity index (χ3v) is 2.79. The third kappa shape index (κ3) is 1.98. The normalized spacial score (nSPS) is 20.0. The highest BCUT2D eigenvalue weighted by atomic mass is 16.5. The summed E-state index contributed by atoms with van der Waals surface area (Å²) in [4.78, 5) is 0. The molecule has 0 bridgehead atoms. The average molecular weight is 206 g/mol. The van der Waals surface area contributed by atoms with Crippen LogP contribution in [0.3, 0.4) is 0 Å². The first-order valence-corrected chi connectivity index (χ1v) is 5.36. The van der Waals surface area contributed by atoms with Gasteiger partial charge in [0, 0.05) is 19.9 Å². The molecule has 2 heterocycles. The van der Waals surface area contributed by atoms with Crippen molar-refractivity contribution < 1.29 is 4.74 Å². The maximum Gasteiger partial charge on any atom is 0.0727 e. The van der Waals surface area contributed by atoms with Crippen LogP contribution in [0.2, 0.25) is 0 Å². The molecule has 82 valence electrons. The molecule has 0 aromatic heterocycles. The number of fused-ring (bicyclic) bond motifs is 1. The summed E-state index contributed by atoms with van der Waals surface area (Å²) in [6.45, 7) is 6.08. The van der Waals surface area contributed by atoms with Gasteiger partial charge in [-0.15, -0.1) is 0 Å². The van der Waals surface area contributed by atoms with Gasteiger partial charge in [0.1, 0.15) is 0 Å². The minimum Gasteiger partial charge on any atom is -0.380 e. The van der Waals surface area contributed by atoms with E-state index in [4.69, 9.17) is 4.74 Å². The van der Waals surface area contributed by atoms with E-state index < -0.39 is 0 Å². The second-order valence-corrected chi connectivity index (χ2v) is 4.24. The van der Waals surface area contributed by atoms with Gasteiger partial charge in [-0.2, -0.15) is 0 Å². The Kier molecular flexibility index (Phi) is 2.93. The molecular weight excluding hydrogens is 188 g/mol. The number of nitrogens with one attached hydrogen (secondary N) is 1. The van der Waals surface area contributed by atoms with E-state index in [0.29, 0.717) is 12.5 Å². The Labute approximate surface area is 91.1 Å². The van der Waals surface area contributed by atoms with E-state index in [-0.39, 0.29) is 0 Å². The molecule has 2 aliphatic rings. The van der Waals surface area contributed by atoms with E-state index in [1.165, 1.54) is 16.8 Å². The molecule has 0 amide bonds. The lowest BCUT2D eigenvalue weighted by atomic mass is 10.0. The Bertz CT molecular complexity index is 340. The maximum atomic E-state index is 5.11. The minimum absolute atomic E-state index is 0.597. The van der Waals surface area contributed by atoms with Crippen LogP contribution in [0.4, 0.5) is 0 Å². The first-order valence-electron chi connectivity index (χ1n) is 5.36. The molecular formula is C12H18N2O. The van der Waals surface area contributed by atoms with Crippen molar-refractivity contribution >= 4 is 0 Å². The predicted octanol–water partition coefficient (Wildman–Crippen LogP) is 1.82. The SMILES string of the molecule is COCC1=CN2NCC(C(C)C)=C2C=C1. The van der Waals surface area contributed by atoms with E-state index in [1.54, 1.807) is 7.11 Å². The maximum absolute atomic E-state index is 5.11. The lowest BCUT2D eigenvalue weighted by molar-refractivity contribution is 0.225. The molecule has 0 saturated carbocycles. The van der Waals surface area contributed by atoms with Crippen LogP contribution in [0.1, 0.15) is 13.8 Å². The van der Waals surface area contributed by atoms with Crippen LogP contribution >= 0.6 is 0 Å². The topological polar surface area (TPSA) is 24.5 Å². The Morgan fingerprint density at radius 1 is 1.47 bits per heavy atom. The number of hydrogen-bond acceptors (Lipinski definition) is 3. The zero-order chi connectivity index (χ0) is 10.8. The van der Waals surface area contributed by atoms with Crippen molar-refractivity contribution in [3.05, 3.63) is 35.2 Å². The van der Waals surface area contributed by atoms with Crippen molar-refractivity contribution in [1.29, 1.82) is 0 Å². The Hall–Kier alpha value is -1.06. The Morgan fingerprint density at radius 3 is 2.93 bits per heavy atom. The molecule has 0 aliphatic carbocycles. The van der Waals surface area contributed by atoms with Gasteiger partial charge < -0.3 is 4.74 Å². The number of hydrogen-bond donors (Lipinski definition) is 1. The summed E-state index contributed by atoms with van der Waals surface area (Å²) >= 11 is 0. The van der Waals surface area contributed by atoms with Gasteiger partial charge >= 0.3 is 0 Å². The van der Waals surface area contributed by atoms with Crippen molar-refractivity contribution in [2.45, 2.75) is 13.8 Å². The molecule has 0 spiro atoms. The zero-order valence-electron chi connectivity index (χ0n) is 9.58. The molecule has 15 heavy (non-hydrogen) atoms. The zero-order valence-corrected chi connectivity index (χ0v) is 9.58. The number of allylic oxidation sites excluding steroid dienone is 1. The van der Waals surface area contributed by atoms with Crippen molar-refractivity contribution in [2.75, 3.05) is 20.3 Å². The van der Waals surface area contributed by atoms with Crippen molar-refractivity contribution in [3.8, 4) is 0 Å². The first kappa shape index (κ1) is 10.5. The first-order chi connectivity index (χ1) is 7.22. The van der Waals surface area contributed by atoms with Gasteiger partial charge in [0.25, 0.3) is 0 Å². The van der Waals surface area contributed by atoms with Gasteiger partial charge in [-0.05, 0) is 23.1 Å². The molecule has 0 unspecified atom stereocenters. The fourth-order valence-electron chi connectivity index (χ4n) is 1.95. The highest BCUT2D eigenvalue weighted by Crippen LogP contribution is 2.26. The largest absolute Gasteiger partial charge is 0.380 e. The van der Waals surface area contributed by atoms with E-state index >= 15 is 0 Å². The van der Waals surface area contributed by atoms with Crippen LogP contribution in [0, 0.1) is 5.92 Å². The highest BCUT2D eigenvalue weighted by Gasteiger charge is 2.22. The molecule has 2 rings (SSSR count). The molecule has 1 N–H and O–H groups in total. The summed E-state index contributed by atoms with van der Waals surface area (Å²) in [5.41, 5.74) is 7.32. The van der Waals surface area contributed by atoms with Crippen molar-refractivity contribution in [1.82, 2.24) is 10.4 Å². The van der Waals surface area contributed by atoms with Crippen LogP contribution < -0.4 is 5.43 Å². The van der Waals surface area contributed by atoms with Gasteiger partial charge in [-0.3, -0.25) is 5.01 Å². The Morgan fingerprint density at radius 2 is 2.27 bits per heavy atom. The number of ether oxygens (including phenoxy) is 1. The summed E-state index contributed by atoms with van der Waals surface area (Å²) in [6, 6.07) is 0. The number of nitrogens with zero attached hydrogens (tertiary/aromatic N) is 1. The highest BCUT2D eigenvalue weighted by molar-refractivity contribution is 5.39. The average Bonchev–Trinajstić information content (AvgIpc) is 2.61. The van der Waals surface area contributed by atoms with E-state index in [0.717, 1.165) is 6.54 Å². The molecule has 0 aromatic rings. The second kappa shape index (κ2) is 4.21. The fraction of sp³-hybridized carbons (Fsp3) is 0.500. The standard InChI is InChI=1S/C12H18N2O/c1-9(2)11-6-13-14-7-10(8-15-3)4-5-12(11)14/h4-5,7,9,13H,6,8H2,1-3H3. The molecule has 3 nitrogen and oxygen atoms in total. The summed E-state index contributed by atoms with van der Waals surface area (Å²) < 4.78 is 5.11. The summed E-state index contributed by atoms with van der Waals surface area (Å²) in [6.07, 6.45) is 6.41. The van der Waals surface area contributed by atoms with Gasteiger partial charge in [0.05, 0.1) is 12.3 Å². The predicted molar refractivity (Wildman–Crippen MR) is 60.8 cm³/mol. The van der Waals surface area contributed by atoms with Crippen molar-refractivity contribution in [3.63, 3.8) is 0 Å². The molecule has 0 atom stereocenters. The quantitative estimate of drug-likeness (QED) is 0.762. The van der Waals surface area contributed by atoms with Crippen LogP contribution in [0.25, 0.3) is 0 Å². The second-order valence-electron chi connectivity index (χ2n) is 4.24.